The van der Waals surface area contributed by atoms with Crippen molar-refractivity contribution in [1.29, 1.82) is 0 Å². The van der Waals surface area contributed by atoms with Crippen LogP contribution in [0.15, 0.2) is 6.07 Å². The van der Waals surface area contributed by atoms with Gasteiger partial charge in [-0.3, -0.25) is 0 Å². The van der Waals surface area contributed by atoms with Crippen LogP contribution < -0.4 is 15.2 Å². The van der Waals surface area contributed by atoms with E-state index in [0.717, 1.165) is 17.1 Å². The smallest absolute Gasteiger partial charge is 0.164 e. The standard InChI is InChI=1S/C15H23NO2/c1-10-8-12(15(9-16)6-5-7-15)11(2)14(18-4)13(10)17-3/h8H,5-7,9,16H2,1-4H3. The average Bonchev–Trinajstić information content (AvgIpc) is 2.31. The third kappa shape index (κ3) is 1.77. The molecule has 1 aromatic carbocycles. The number of methoxy groups -OCH3 is 2. The SMILES string of the molecule is COc1c(C)cc(C2(CN)CCC2)c(C)c1OC. The maximum absolute atomic E-state index is 6.01. The van der Waals surface area contributed by atoms with Crippen LogP contribution in [-0.4, -0.2) is 20.8 Å². The van der Waals surface area contributed by atoms with E-state index in [4.69, 9.17) is 15.2 Å². The second-order valence-electron chi connectivity index (χ2n) is 5.27. The number of rotatable bonds is 4. The summed E-state index contributed by atoms with van der Waals surface area (Å²) < 4.78 is 11.0. The maximum atomic E-state index is 6.01. The zero-order valence-corrected chi connectivity index (χ0v) is 11.8. The summed E-state index contributed by atoms with van der Waals surface area (Å²) in [6, 6.07) is 2.22. The van der Waals surface area contributed by atoms with E-state index < -0.39 is 0 Å². The van der Waals surface area contributed by atoms with Crippen LogP contribution in [0.5, 0.6) is 11.5 Å². The summed E-state index contributed by atoms with van der Waals surface area (Å²) in [5.74, 6) is 1.69. The number of benzene rings is 1. The number of ether oxygens (including phenoxy) is 2. The summed E-state index contributed by atoms with van der Waals surface area (Å²) in [5.41, 5.74) is 9.80. The molecule has 0 bridgehead atoms. The molecule has 3 nitrogen and oxygen atoms in total. The molecule has 0 radical (unpaired) electrons. The van der Waals surface area contributed by atoms with E-state index in [0.29, 0.717) is 6.54 Å². The molecule has 1 aromatic rings. The molecule has 1 fully saturated rings. The number of hydrogen-bond acceptors (Lipinski definition) is 3. The number of hydrogen-bond donors (Lipinski definition) is 1. The van der Waals surface area contributed by atoms with Crippen LogP contribution in [0.2, 0.25) is 0 Å². The highest BCUT2D eigenvalue weighted by molar-refractivity contribution is 5.57. The Balaban J connectivity index is 2.59. The minimum atomic E-state index is 0.161. The molecule has 2 rings (SSSR count). The fourth-order valence-corrected chi connectivity index (χ4v) is 3.10. The molecule has 2 N–H and O–H groups in total. The fraction of sp³-hybridized carbons (Fsp3) is 0.600. The van der Waals surface area contributed by atoms with Gasteiger partial charge < -0.3 is 15.2 Å². The normalized spacial score (nSPS) is 17.2. The van der Waals surface area contributed by atoms with E-state index in [-0.39, 0.29) is 5.41 Å². The molecule has 0 unspecified atom stereocenters. The van der Waals surface area contributed by atoms with Gasteiger partial charge in [-0.2, -0.15) is 0 Å². The third-order valence-corrected chi connectivity index (χ3v) is 4.35. The molecule has 0 aromatic heterocycles. The lowest BCUT2D eigenvalue weighted by molar-refractivity contribution is 0.249. The molecule has 1 saturated carbocycles. The van der Waals surface area contributed by atoms with Gasteiger partial charge in [-0.25, -0.2) is 0 Å². The maximum Gasteiger partial charge on any atom is 0.164 e. The second kappa shape index (κ2) is 4.81. The van der Waals surface area contributed by atoms with Gasteiger partial charge in [0.15, 0.2) is 11.5 Å². The zero-order valence-electron chi connectivity index (χ0n) is 11.8. The van der Waals surface area contributed by atoms with Crippen LogP contribution in [0.4, 0.5) is 0 Å². The Kier molecular flexibility index (Phi) is 3.53. The summed E-state index contributed by atoms with van der Waals surface area (Å²) in [4.78, 5) is 0. The Hall–Kier alpha value is -1.22. The van der Waals surface area contributed by atoms with Gasteiger partial charge in [-0.15, -0.1) is 0 Å². The first-order valence-corrected chi connectivity index (χ1v) is 6.52. The molecule has 0 atom stereocenters. The molecule has 1 aliphatic rings. The van der Waals surface area contributed by atoms with Crippen molar-refractivity contribution in [1.82, 2.24) is 0 Å². The van der Waals surface area contributed by atoms with E-state index in [1.165, 1.54) is 30.4 Å². The summed E-state index contributed by atoms with van der Waals surface area (Å²) >= 11 is 0. The van der Waals surface area contributed by atoms with Gasteiger partial charge in [-0.1, -0.05) is 12.5 Å². The number of aryl methyl sites for hydroxylation is 1. The summed E-state index contributed by atoms with van der Waals surface area (Å²) in [6.07, 6.45) is 3.63. The molecular formula is C15H23NO2. The Bertz CT molecular complexity index is 445. The van der Waals surface area contributed by atoms with Crippen molar-refractivity contribution < 1.29 is 9.47 Å². The Labute approximate surface area is 109 Å². The quantitative estimate of drug-likeness (QED) is 0.892. The minimum Gasteiger partial charge on any atom is -0.493 e. The first kappa shape index (κ1) is 13.2. The lowest BCUT2D eigenvalue weighted by Crippen LogP contribution is -2.42. The van der Waals surface area contributed by atoms with Crippen molar-refractivity contribution in [2.24, 2.45) is 5.73 Å². The van der Waals surface area contributed by atoms with E-state index in [1.807, 2.05) is 0 Å². The lowest BCUT2D eigenvalue weighted by Gasteiger charge is -2.43. The molecule has 1 aliphatic carbocycles. The van der Waals surface area contributed by atoms with Crippen LogP contribution in [0.25, 0.3) is 0 Å². The first-order chi connectivity index (χ1) is 8.59. The van der Waals surface area contributed by atoms with Gasteiger partial charge in [0.2, 0.25) is 0 Å². The Morgan fingerprint density at radius 1 is 1.17 bits per heavy atom. The van der Waals surface area contributed by atoms with Crippen LogP contribution in [-0.2, 0) is 5.41 Å². The minimum absolute atomic E-state index is 0.161. The number of nitrogens with two attached hydrogens (primary N) is 1. The van der Waals surface area contributed by atoms with E-state index in [9.17, 15) is 0 Å². The summed E-state index contributed by atoms with van der Waals surface area (Å²) in [6.45, 7) is 4.88. The first-order valence-electron chi connectivity index (χ1n) is 6.52. The van der Waals surface area contributed by atoms with Crippen molar-refractivity contribution in [3.63, 3.8) is 0 Å². The molecule has 0 saturated heterocycles. The Morgan fingerprint density at radius 2 is 1.78 bits per heavy atom. The van der Waals surface area contributed by atoms with E-state index in [2.05, 4.69) is 19.9 Å². The second-order valence-corrected chi connectivity index (χ2v) is 5.27. The predicted octanol–water partition coefficient (Wildman–Crippen LogP) is 2.70. The molecule has 0 aliphatic heterocycles. The zero-order chi connectivity index (χ0) is 13.3. The Morgan fingerprint density at radius 3 is 2.17 bits per heavy atom. The van der Waals surface area contributed by atoms with Gasteiger partial charge in [0.1, 0.15) is 0 Å². The van der Waals surface area contributed by atoms with Crippen molar-refractivity contribution in [2.45, 2.75) is 38.5 Å². The summed E-state index contributed by atoms with van der Waals surface area (Å²) in [7, 11) is 3.38. The molecule has 18 heavy (non-hydrogen) atoms. The van der Waals surface area contributed by atoms with Gasteiger partial charge in [0, 0.05) is 12.0 Å². The van der Waals surface area contributed by atoms with E-state index in [1.54, 1.807) is 14.2 Å². The van der Waals surface area contributed by atoms with Crippen molar-refractivity contribution in [3.8, 4) is 11.5 Å². The van der Waals surface area contributed by atoms with E-state index >= 15 is 0 Å². The molecular weight excluding hydrogens is 226 g/mol. The topological polar surface area (TPSA) is 44.5 Å². The van der Waals surface area contributed by atoms with Crippen LogP contribution in [0, 0.1) is 13.8 Å². The monoisotopic (exact) mass is 249 g/mol. The predicted molar refractivity (Wildman–Crippen MR) is 73.6 cm³/mol. The highest BCUT2D eigenvalue weighted by Crippen LogP contribution is 2.48. The van der Waals surface area contributed by atoms with Gasteiger partial charge in [0.25, 0.3) is 0 Å². The highest BCUT2D eigenvalue weighted by atomic mass is 16.5. The van der Waals surface area contributed by atoms with Crippen molar-refractivity contribution in [3.05, 3.63) is 22.8 Å². The van der Waals surface area contributed by atoms with Gasteiger partial charge in [0.05, 0.1) is 14.2 Å². The van der Waals surface area contributed by atoms with Gasteiger partial charge >= 0.3 is 0 Å². The third-order valence-electron chi connectivity index (χ3n) is 4.35. The van der Waals surface area contributed by atoms with Crippen LogP contribution in [0.3, 0.4) is 0 Å². The van der Waals surface area contributed by atoms with Gasteiger partial charge in [-0.05, 0) is 43.4 Å². The summed E-state index contributed by atoms with van der Waals surface area (Å²) in [5, 5.41) is 0. The fourth-order valence-electron chi connectivity index (χ4n) is 3.10. The van der Waals surface area contributed by atoms with Crippen molar-refractivity contribution >= 4 is 0 Å². The highest BCUT2D eigenvalue weighted by Gasteiger charge is 2.39. The largest absolute Gasteiger partial charge is 0.493 e. The molecule has 100 valence electrons. The molecule has 0 amide bonds. The molecule has 3 heteroatoms. The van der Waals surface area contributed by atoms with Crippen molar-refractivity contribution in [2.75, 3.05) is 20.8 Å². The average molecular weight is 249 g/mol. The lowest BCUT2D eigenvalue weighted by atomic mass is 9.63. The molecule has 0 spiro atoms. The van der Waals surface area contributed by atoms with Crippen LogP contribution >= 0.6 is 0 Å². The molecule has 0 heterocycles. The van der Waals surface area contributed by atoms with Crippen LogP contribution in [0.1, 0.15) is 36.0 Å².